The molecule has 1 heterocycles. The van der Waals surface area contributed by atoms with Crippen LogP contribution in [0.25, 0.3) is 0 Å². The van der Waals surface area contributed by atoms with Crippen LogP contribution in [-0.4, -0.2) is 26.8 Å². The molecule has 2 aliphatic carbocycles. The summed E-state index contributed by atoms with van der Waals surface area (Å²) in [4.78, 5) is 0.482. The first-order valence-corrected chi connectivity index (χ1v) is 18.9. The van der Waals surface area contributed by atoms with Crippen LogP contribution in [0.2, 0.25) is 0 Å². The third-order valence-electron chi connectivity index (χ3n) is 10.3. The Kier molecular flexibility index (Phi) is 9.87. The van der Waals surface area contributed by atoms with Gasteiger partial charge in [-0.25, -0.2) is 8.42 Å². The van der Waals surface area contributed by atoms with Crippen LogP contribution in [-0.2, 0) is 15.3 Å². The Hall–Kier alpha value is -3.21. The minimum Gasteiger partial charge on any atom is -0.317 e. The van der Waals surface area contributed by atoms with E-state index in [4.69, 9.17) is 0 Å². The van der Waals surface area contributed by atoms with Crippen molar-refractivity contribution in [2.75, 3.05) is 13.1 Å². The normalized spacial score (nSPS) is 22.1. The third-order valence-corrected chi connectivity index (χ3v) is 12.4. The monoisotopic (exact) mass is 633 g/mol. The molecule has 242 valence electrons. The van der Waals surface area contributed by atoms with Gasteiger partial charge in [0.05, 0.1) is 10.3 Å². The lowest BCUT2D eigenvalue weighted by molar-refractivity contribution is 0.273. The molecule has 6 rings (SSSR count). The van der Waals surface area contributed by atoms with Gasteiger partial charge in [0, 0.05) is 0 Å². The van der Waals surface area contributed by atoms with Gasteiger partial charge in [0.1, 0.15) is 5.25 Å². The predicted molar refractivity (Wildman–Crippen MR) is 192 cm³/mol. The maximum atomic E-state index is 15.6. The maximum Gasteiger partial charge on any atom is 0.186 e. The molecule has 1 saturated carbocycles. The number of nitrogens with one attached hydrogen (secondary N) is 1. The molecule has 1 N–H and O–H groups in total. The molecule has 0 bridgehead atoms. The van der Waals surface area contributed by atoms with E-state index < -0.39 is 20.5 Å². The Morgan fingerprint density at radius 1 is 0.761 bits per heavy atom. The highest BCUT2D eigenvalue weighted by Crippen LogP contribution is 2.49. The first-order valence-electron chi connectivity index (χ1n) is 17.4. The maximum absolute atomic E-state index is 15.6. The first-order chi connectivity index (χ1) is 22.2. The van der Waals surface area contributed by atoms with Gasteiger partial charge in [0.25, 0.3) is 0 Å². The van der Waals surface area contributed by atoms with E-state index in [1.54, 1.807) is 0 Å². The molecular formula is C42H51NO2S. The van der Waals surface area contributed by atoms with Crippen molar-refractivity contribution in [3.05, 3.63) is 143 Å². The Labute approximate surface area is 277 Å². The van der Waals surface area contributed by atoms with Crippen LogP contribution in [0.3, 0.4) is 0 Å². The Bertz CT molecular complexity index is 1530. The fourth-order valence-corrected chi connectivity index (χ4v) is 9.96. The molecule has 3 nitrogen and oxygen atoms in total. The van der Waals surface area contributed by atoms with E-state index in [0.717, 1.165) is 55.5 Å². The van der Waals surface area contributed by atoms with Crippen molar-refractivity contribution >= 4 is 9.84 Å². The topological polar surface area (TPSA) is 46.2 Å². The van der Waals surface area contributed by atoms with E-state index in [0.29, 0.717) is 22.7 Å². The summed E-state index contributed by atoms with van der Waals surface area (Å²) in [5.74, 6) is 1.64. The summed E-state index contributed by atoms with van der Waals surface area (Å²) in [5.41, 5.74) is 2.16. The van der Waals surface area contributed by atoms with Gasteiger partial charge in [-0.05, 0) is 90.6 Å². The molecule has 1 aliphatic heterocycles. The minimum atomic E-state index is -3.87. The minimum absolute atomic E-state index is 0.171. The smallest absolute Gasteiger partial charge is 0.186 e. The van der Waals surface area contributed by atoms with E-state index >= 15 is 8.42 Å². The zero-order valence-corrected chi connectivity index (χ0v) is 28.6. The molecule has 0 amide bonds. The fourth-order valence-electron chi connectivity index (χ4n) is 7.87. The second kappa shape index (κ2) is 13.9. The van der Waals surface area contributed by atoms with Gasteiger partial charge < -0.3 is 5.32 Å². The van der Waals surface area contributed by atoms with Crippen LogP contribution in [0.15, 0.2) is 126 Å². The highest BCUT2D eigenvalue weighted by molar-refractivity contribution is 7.96. The quantitative estimate of drug-likeness (QED) is 0.169. The highest BCUT2D eigenvalue weighted by atomic mass is 32.2. The average Bonchev–Trinajstić information content (AvgIpc) is 3.89. The van der Waals surface area contributed by atoms with E-state index in [1.807, 2.05) is 60.7 Å². The molecule has 46 heavy (non-hydrogen) atoms. The summed E-state index contributed by atoms with van der Waals surface area (Å²) in [6.45, 7) is 8.79. The van der Waals surface area contributed by atoms with Gasteiger partial charge >= 0.3 is 0 Å². The van der Waals surface area contributed by atoms with Crippen LogP contribution < -0.4 is 5.32 Å². The molecule has 3 unspecified atom stereocenters. The van der Waals surface area contributed by atoms with Crippen molar-refractivity contribution in [2.24, 2.45) is 29.1 Å². The van der Waals surface area contributed by atoms with E-state index in [-0.39, 0.29) is 11.3 Å². The predicted octanol–water partition coefficient (Wildman–Crippen LogP) is 9.28. The number of hydrogen-bond acceptors (Lipinski definition) is 3. The summed E-state index contributed by atoms with van der Waals surface area (Å²) in [6, 6.07) is 31.0. The zero-order valence-electron chi connectivity index (χ0n) is 27.8. The van der Waals surface area contributed by atoms with Gasteiger partial charge in [-0.1, -0.05) is 149 Å². The SMILES string of the molecule is CC(C)(C)CC1C=CC(S(=O)(=O)C(C=CC2CCNCC2)C(c2ccccc2)(c2ccccc2)c2ccccc2)=CC1CC1CC1. The lowest BCUT2D eigenvalue weighted by Crippen LogP contribution is -2.46. The summed E-state index contributed by atoms with van der Waals surface area (Å²) in [5, 5.41) is 2.62. The number of rotatable bonds is 11. The lowest BCUT2D eigenvalue weighted by atomic mass is 9.66. The number of sulfone groups is 1. The zero-order chi connectivity index (χ0) is 32.2. The fraction of sp³-hybridized carbons (Fsp3) is 0.429. The summed E-state index contributed by atoms with van der Waals surface area (Å²) < 4.78 is 31.2. The van der Waals surface area contributed by atoms with Gasteiger partial charge in [-0.15, -0.1) is 0 Å². The third kappa shape index (κ3) is 7.19. The largest absolute Gasteiger partial charge is 0.317 e. The van der Waals surface area contributed by atoms with Crippen molar-refractivity contribution in [2.45, 2.75) is 70.0 Å². The second-order valence-electron chi connectivity index (χ2n) is 15.0. The summed E-state index contributed by atoms with van der Waals surface area (Å²) >= 11 is 0. The number of allylic oxidation sites excluding steroid dienone is 4. The molecule has 0 spiro atoms. The van der Waals surface area contributed by atoms with Crippen LogP contribution in [0.4, 0.5) is 0 Å². The van der Waals surface area contributed by atoms with Crippen molar-refractivity contribution < 1.29 is 8.42 Å². The van der Waals surface area contributed by atoms with E-state index in [1.165, 1.54) is 12.8 Å². The Morgan fingerprint density at radius 2 is 1.28 bits per heavy atom. The highest BCUT2D eigenvalue weighted by Gasteiger charge is 2.50. The van der Waals surface area contributed by atoms with Crippen molar-refractivity contribution in [3.63, 3.8) is 0 Å². The van der Waals surface area contributed by atoms with Crippen molar-refractivity contribution in [3.8, 4) is 0 Å². The molecule has 2 fully saturated rings. The van der Waals surface area contributed by atoms with E-state index in [9.17, 15) is 0 Å². The van der Waals surface area contributed by atoms with Crippen LogP contribution in [0, 0.1) is 29.1 Å². The molecular weight excluding hydrogens is 583 g/mol. The first kappa shape index (κ1) is 32.7. The average molecular weight is 634 g/mol. The summed E-state index contributed by atoms with van der Waals surface area (Å²) in [7, 11) is -3.87. The number of hydrogen-bond donors (Lipinski definition) is 1. The van der Waals surface area contributed by atoms with Crippen molar-refractivity contribution in [1.29, 1.82) is 0 Å². The Morgan fingerprint density at radius 3 is 1.76 bits per heavy atom. The lowest BCUT2D eigenvalue weighted by Gasteiger charge is -2.42. The molecule has 0 aromatic heterocycles. The van der Waals surface area contributed by atoms with Crippen molar-refractivity contribution in [1.82, 2.24) is 5.32 Å². The van der Waals surface area contributed by atoms with Crippen LogP contribution >= 0.6 is 0 Å². The molecule has 3 aromatic carbocycles. The molecule has 3 atom stereocenters. The standard InChI is InChI=1S/C42H51NO2S/c1-41(2,3)31-34-22-23-39(30-35(34)29-33-19-20-33)46(44,45)40(24-21-32-25-27-43-28-26-32)42(36-13-7-4-8-14-36,37-15-9-5-10-16-37)38-17-11-6-12-18-38/h4-18,21-24,30,32-35,40,43H,19-20,25-29,31H2,1-3H3. The summed E-state index contributed by atoms with van der Waals surface area (Å²) in [6.07, 6.45) is 17.3. The number of benzene rings is 3. The number of piperidine rings is 1. The molecule has 1 saturated heterocycles. The molecule has 3 aliphatic rings. The molecule has 3 aromatic rings. The molecule has 0 radical (unpaired) electrons. The van der Waals surface area contributed by atoms with Gasteiger partial charge in [0.2, 0.25) is 0 Å². The molecule has 4 heteroatoms. The van der Waals surface area contributed by atoms with E-state index in [2.05, 4.69) is 86.8 Å². The van der Waals surface area contributed by atoms with Gasteiger partial charge in [-0.3, -0.25) is 0 Å². The van der Waals surface area contributed by atoms with Gasteiger partial charge in [-0.2, -0.15) is 0 Å². The Balaban J connectivity index is 1.56. The van der Waals surface area contributed by atoms with Crippen LogP contribution in [0.1, 0.15) is 76.0 Å². The second-order valence-corrected chi connectivity index (χ2v) is 17.1. The van der Waals surface area contributed by atoms with Gasteiger partial charge in [0.15, 0.2) is 9.84 Å². The van der Waals surface area contributed by atoms with Crippen LogP contribution in [0.5, 0.6) is 0 Å².